The van der Waals surface area contributed by atoms with Crippen molar-refractivity contribution in [3.8, 4) is 0 Å². The first-order chi connectivity index (χ1) is 6.40. The van der Waals surface area contributed by atoms with Crippen LogP contribution in [0.15, 0.2) is 12.3 Å². The van der Waals surface area contributed by atoms with Crippen LogP contribution in [0.2, 0.25) is 5.02 Å². The van der Waals surface area contributed by atoms with Gasteiger partial charge in [0.05, 0.1) is 10.6 Å². The zero-order valence-corrected chi connectivity index (χ0v) is 9.39. The average Bonchev–Trinajstić information content (AvgIpc) is 2.06. The van der Waals surface area contributed by atoms with Crippen molar-refractivity contribution < 1.29 is 5.11 Å². The van der Waals surface area contributed by atoms with Crippen LogP contribution in [0.25, 0.3) is 0 Å². The average molecular weight is 215 g/mol. The summed E-state index contributed by atoms with van der Waals surface area (Å²) in [5.41, 5.74) is 0.203. The number of hydrogen-bond donors (Lipinski definition) is 2. The Morgan fingerprint density at radius 3 is 2.79 bits per heavy atom. The SMILES string of the molecule is Cc1ccnc(NCC(C)(C)O)c1Cl. The van der Waals surface area contributed by atoms with Crippen LogP contribution in [0.4, 0.5) is 5.82 Å². The van der Waals surface area contributed by atoms with Gasteiger partial charge in [0.1, 0.15) is 5.82 Å². The quantitative estimate of drug-likeness (QED) is 0.811. The van der Waals surface area contributed by atoms with Crippen LogP contribution in [0.5, 0.6) is 0 Å². The van der Waals surface area contributed by atoms with E-state index < -0.39 is 5.60 Å². The van der Waals surface area contributed by atoms with Gasteiger partial charge in [0, 0.05) is 12.7 Å². The van der Waals surface area contributed by atoms with Gasteiger partial charge >= 0.3 is 0 Å². The first-order valence-electron chi connectivity index (χ1n) is 4.47. The molecular weight excluding hydrogens is 200 g/mol. The van der Waals surface area contributed by atoms with Gasteiger partial charge in [-0.15, -0.1) is 0 Å². The van der Waals surface area contributed by atoms with E-state index in [1.165, 1.54) is 0 Å². The van der Waals surface area contributed by atoms with Gasteiger partial charge in [0.2, 0.25) is 0 Å². The van der Waals surface area contributed by atoms with E-state index in [1.807, 2.05) is 13.0 Å². The van der Waals surface area contributed by atoms with Gasteiger partial charge in [-0.25, -0.2) is 4.98 Å². The van der Waals surface area contributed by atoms with Gasteiger partial charge in [-0.3, -0.25) is 0 Å². The number of hydrogen-bond acceptors (Lipinski definition) is 3. The molecule has 0 aliphatic rings. The maximum atomic E-state index is 9.51. The lowest BCUT2D eigenvalue weighted by Crippen LogP contribution is -2.29. The summed E-state index contributed by atoms with van der Waals surface area (Å²) in [5.74, 6) is 0.619. The third-order valence-corrected chi connectivity index (χ3v) is 2.25. The molecule has 0 atom stereocenters. The minimum Gasteiger partial charge on any atom is -0.389 e. The smallest absolute Gasteiger partial charge is 0.145 e. The summed E-state index contributed by atoms with van der Waals surface area (Å²) in [7, 11) is 0. The molecule has 0 saturated carbocycles. The Bertz CT molecular complexity index is 320. The number of aliphatic hydroxyl groups is 1. The highest BCUT2D eigenvalue weighted by Crippen LogP contribution is 2.22. The Balaban J connectivity index is 2.73. The van der Waals surface area contributed by atoms with E-state index in [0.29, 0.717) is 17.4 Å². The van der Waals surface area contributed by atoms with E-state index in [0.717, 1.165) is 5.56 Å². The van der Waals surface area contributed by atoms with Crippen LogP contribution in [0.1, 0.15) is 19.4 Å². The largest absolute Gasteiger partial charge is 0.389 e. The molecule has 3 nitrogen and oxygen atoms in total. The molecule has 0 unspecified atom stereocenters. The second-order valence-corrected chi connectivity index (χ2v) is 4.33. The molecule has 78 valence electrons. The molecular formula is C10H15ClN2O. The highest BCUT2D eigenvalue weighted by molar-refractivity contribution is 6.33. The molecule has 0 bridgehead atoms. The van der Waals surface area contributed by atoms with Gasteiger partial charge in [-0.1, -0.05) is 11.6 Å². The van der Waals surface area contributed by atoms with Gasteiger partial charge < -0.3 is 10.4 Å². The number of halogens is 1. The molecule has 1 rings (SSSR count). The number of nitrogens with one attached hydrogen (secondary N) is 1. The molecule has 0 aliphatic carbocycles. The molecule has 0 fully saturated rings. The van der Waals surface area contributed by atoms with E-state index in [1.54, 1.807) is 20.0 Å². The topological polar surface area (TPSA) is 45.2 Å². The predicted octanol–water partition coefficient (Wildman–Crippen LogP) is 2.23. The van der Waals surface area contributed by atoms with E-state index in [9.17, 15) is 5.11 Å². The van der Waals surface area contributed by atoms with E-state index >= 15 is 0 Å². The highest BCUT2D eigenvalue weighted by Gasteiger charge is 2.13. The molecule has 0 spiro atoms. The summed E-state index contributed by atoms with van der Waals surface area (Å²) in [6.07, 6.45) is 1.69. The third-order valence-electron chi connectivity index (χ3n) is 1.77. The lowest BCUT2D eigenvalue weighted by molar-refractivity contribution is 0.0944. The lowest BCUT2D eigenvalue weighted by atomic mass is 10.1. The number of nitrogens with zero attached hydrogens (tertiary/aromatic N) is 1. The van der Waals surface area contributed by atoms with Crippen molar-refractivity contribution in [2.24, 2.45) is 0 Å². The summed E-state index contributed by atoms with van der Waals surface area (Å²) in [5, 5.41) is 13.1. The van der Waals surface area contributed by atoms with Crippen LogP contribution < -0.4 is 5.32 Å². The number of pyridine rings is 1. The maximum absolute atomic E-state index is 9.51. The molecule has 0 saturated heterocycles. The van der Waals surface area contributed by atoms with Crippen molar-refractivity contribution in [2.45, 2.75) is 26.4 Å². The van der Waals surface area contributed by atoms with Crippen LogP contribution in [-0.2, 0) is 0 Å². The molecule has 0 aliphatic heterocycles. The van der Waals surface area contributed by atoms with Crippen LogP contribution in [-0.4, -0.2) is 22.2 Å². The van der Waals surface area contributed by atoms with Gasteiger partial charge in [-0.05, 0) is 32.4 Å². The van der Waals surface area contributed by atoms with Crippen LogP contribution >= 0.6 is 11.6 Å². The van der Waals surface area contributed by atoms with Gasteiger partial charge in [0.15, 0.2) is 0 Å². The van der Waals surface area contributed by atoms with Crippen molar-refractivity contribution in [3.63, 3.8) is 0 Å². The second-order valence-electron chi connectivity index (χ2n) is 3.96. The summed E-state index contributed by atoms with van der Waals surface area (Å²) < 4.78 is 0. The molecule has 0 radical (unpaired) electrons. The molecule has 1 aromatic heterocycles. The summed E-state index contributed by atoms with van der Waals surface area (Å²) in [6.45, 7) is 5.79. The molecule has 4 heteroatoms. The zero-order chi connectivity index (χ0) is 10.8. The van der Waals surface area contributed by atoms with Crippen LogP contribution in [0.3, 0.4) is 0 Å². The summed E-state index contributed by atoms with van der Waals surface area (Å²) in [6, 6.07) is 1.84. The number of anilines is 1. The molecule has 0 amide bonds. The molecule has 2 N–H and O–H groups in total. The lowest BCUT2D eigenvalue weighted by Gasteiger charge is -2.18. The third kappa shape index (κ3) is 3.16. The Kier molecular flexibility index (Phi) is 3.34. The first kappa shape index (κ1) is 11.3. The zero-order valence-electron chi connectivity index (χ0n) is 8.63. The minimum absolute atomic E-state index is 0.420. The molecule has 14 heavy (non-hydrogen) atoms. The first-order valence-corrected chi connectivity index (χ1v) is 4.85. The Hall–Kier alpha value is -0.800. The van der Waals surface area contributed by atoms with Crippen molar-refractivity contribution in [2.75, 3.05) is 11.9 Å². The summed E-state index contributed by atoms with van der Waals surface area (Å²) in [4.78, 5) is 4.09. The van der Waals surface area contributed by atoms with Crippen molar-refractivity contribution in [3.05, 3.63) is 22.8 Å². The van der Waals surface area contributed by atoms with Gasteiger partial charge in [-0.2, -0.15) is 0 Å². The number of aromatic nitrogens is 1. The Morgan fingerprint density at radius 1 is 1.57 bits per heavy atom. The fraction of sp³-hybridized carbons (Fsp3) is 0.500. The van der Waals surface area contributed by atoms with E-state index in [2.05, 4.69) is 10.3 Å². The standard InChI is InChI=1S/C10H15ClN2O/c1-7-4-5-12-9(8(7)11)13-6-10(2,3)14/h4-5,14H,6H2,1-3H3,(H,12,13). The summed E-state index contributed by atoms with van der Waals surface area (Å²) >= 11 is 6.02. The number of rotatable bonds is 3. The van der Waals surface area contributed by atoms with Crippen molar-refractivity contribution in [1.29, 1.82) is 0 Å². The second kappa shape index (κ2) is 4.15. The minimum atomic E-state index is -0.769. The fourth-order valence-corrected chi connectivity index (χ4v) is 1.14. The monoisotopic (exact) mass is 214 g/mol. The normalized spacial score (nSPS) is 11.5. The maximum Gasteiger partial charge on any atom is 0.145 e. The van der Waals surface area contributed by atoms with Crippen molar-refractivity contribution in [1.82, 2.24) is 4.98 Å². The Labute approximate surface area is 89.1 Å². The predicted molar refractivity (Wildman–Crippen MR) is 58.8 cm³/mol. The fourth-order valence-electron chi connectivity index (χ4n) is 0.963. The van der Waals surface area contributed by atoms with Crippen LogP contribution in [0, 0.1) is 6.92 Å². The van der Waals surface area contributed by atoms with Gasteiger partial charge in [0.25, 0.3) is 0 Å². The highest BCUT2D eigenvalue weighted by atomic mass is 35.5. The Morgan fingerprint density at radius 2 is 2.21 bits per heavy atom. The number of aryl methyl sites for hydroxylation is 1. The molecule has 0 aromatic carbocycles. The van der Waals surface area contributed by atoms with E-state index in [-0.39, 0.29) is 0 Å². The molecule has 1 aromatic rings. The van der Waals surface area contributed by atoms with Crippen molar-refractivity contribution >= 4 is 17.4 Å². The molecule has 1 heterocycles. The van der Waals surface area contributed by atoms with E-state index in [4.69, 9.17) is 11.6 Å².